The number of rotatable bonds is 4. The molecule has 1 aromatic carbocycles. The third-order valence-corrected chi connectivity index (χ3v) is 5.46. The third-order valence-electron chi connectivity index (χ3n) is 5.11. The lowest BCUT2D eigenvalue weighted by Gasteiger charge is -2.21. The standard InChI is InChI=1S/C18H18ClFN2O4.ClH/c19-14-15-9(6-11(20)17(14)26-13-3-1-2-12(13)21)16(23)10(18(24)25)7-22(15)8-4-5-8;/h6-8,12-13H,1-5,21H2,(H,24,25);1H/t12-,13-;/m1./s1. The monoisotopic (exact) mass is 416 g/mol. The van der Waals surface area contributed by atoms with Crippen molar-refractivity contribution in [1.29, 1.82) is 0 Å². The normalized spacial score (nSPS) is 21.9. The number of nitrogens with two attached hydrogens (primary N) is 1. The van der Waals surface area contributed by atoms with Gasteiger partial charge < -0.3 is 20.1 Å². The predicted molar refractivity (Wildman–Crippen MR) is 102 cm³/mol. The van der Waals surface area contributed by atoms with Gasteiger partial charge in [0.1, 0.15) is 16.7 Å². The first-order valence-corrected chi connectivity index (χ1v) is 8.98. The summed E-state index contributed by atoms with van der Waals surface area (Å²) in [6.45, 7) is 0. The number of carboxylic acid groups (broad SMARTS) is 1. The maximum atomic E-state index is 14.7. The molecule has 6 nitrogen and oxygen atoms in total. The number of ether oxygens (including phenoxy) is 1. The molecule has 2 fully saturated rings. The van der Waals surface area contributed by atoms with E-state index in [0.717, 1.165) is 31.7 Å². The second-order valence-electron chi connectivity index (χ2n) is 6.96. The fourth-order valence-electron chi connectivity index (χ4n) is 3.58. The molecule has 0 unspecified atom stereocenters. The van der Waals surface area contributed by atoms with Crippen LogP contribution in [-0.4, -0.2) is 27.8 Å². The number of aromatic nitrogens is 1. The van der Waals surface area contributed by atoms with E-state index in [1.54, 1.807) is 4.57 Å². The van der Waals surface area contributed by atoms with Gasteiger partial charge in [0.2, 0.25) is 5.43 Å². The lowest BCUT2D eigenvalue weighted by atomic mass is 10.1. The molecule has 27 heavy (non-hydrogen) atoms. The highest BCUT2D eigenvalue weighted by Gasteiger charge is 2.32. The minimum absolute atomic E-state index is 0. The summed E-state index contributed by atoms with van der Waals surface area (Å²) in [7, 11) is 0. The Kier molecular flexibility index (Phi) is 5.38. The van der Waals surface area contributed by atoms with E-state index in [1.165, 1.54) is 6.20 Å². The minimum atomic E-state index is -1.35. The zero-order valence-electron chi connectivity index (χ0n) is 14.3. The van der Waals surface area contributed by atoms with E-state index >= 15 is 0 Å². The molecule has 0 radical (unpaired) electrons. The average molecular weight is 417 g/mol. The van der Waals surface area contributed by atoms with Gasteiger partial charge in [0.25, 0.3) is 0 Å². The molecule has 2 aliphatic rings. The van der Waals surface area contributed by atoms with Crippen LogP contribution >= 0.6 is 24.0 Å². The molecule has 9 heteroatoms. The van der Waals surface area contributed by atoms with Crippen LogP contribution in [0, 0.1) is 5.82 Å². The molecule has 2 aliphatic carbocycles. The van der Waals surface area contributed by atoms with Crippen molar-refractivity contribution >= 4 is 40.9 Å². The summed E-state index contributed by atoms with van der Waals surface area (Å²) in [6.07, 6.45) is 5.04. The van der Waals surface area contributed by atoms with E-state index in [2.05, 4.69) is 0 Å². The van der Waals surface area contributed by atoms with Crippen molar-refractivity contribution in [3.05, 3.63) is 38.9 Å². The molecule has 146 valence electrons. The van der Waals surface area contributed by atoms with Gasteiger partial charge in [-0.15, -0.1) is 12.4 Å². The molecule has 1 heterocycles. The maximum Gasteiger partial charge on any atom is 0.341 e. The van der Waals surface area contributed by atoms with E-state index in [1.807, 2.05) is 0 Å². The van der Waals surface area contributed by atoms with Gasteiger partial charge in [0, 0.05) is 18.3 Å². The fraction of sp³-hybridized carbons (Fsp3) is 0.444. The fourth-order valence-corrected chi connectivity index (χ4v) is 3.91. The Morgan fingerprint density at radius 3 is 2.59 bits per heavy atom. The largest absolute Gasteiger partial charge is 0.484 e. The summed E-state index contributed by atoms with van der Waals surface area (Å²) in [5.41, 5.74) is 5.15. The molecule has 2 atom stereocenters. The summed E-state index contributed by atoms with van der Waals surface area (Å²) in [5, 5.41) is 9.22. The number of halogens is 3. The quantitative estimate of drug-likeness (QED) is 0.794. The average Bonchev–Trinajstić information content (AvgIpc) is 3.35. The summed E-state index contributed by atoms with van der Waals surface area (Å²) in [6, 6.07) is 0.868. The SMILES string of the molecule is Cl.N[C@@H]1CCC[C@H]1Oc1c(F)cc2c(=O)c(C(=O)O)cn(C3CC3)c2c1Cl. The van der Waals surface area contributed by atoms with Gasteiger partial charge in [0.15, 0.2) is 11.6 Å². The Bertz CT molecular complexity index is 974. The maximum absolute atomic E-state index is 14.7. The van der Waals surface area contributed by atoms with Crippen LogP contribution < -0.4 is 15.9 Å². The number of pyridine rings is 1. The Morgan fingerprint density at radius 1 is 1.33 bits per heavy atom. The van der Waals surface area contributed by atoms with Gasteiger partial charge in [-0.3, -0.25) is 4.79 Å². The Labute approximate surface area is 165 Å². The number of nitrogens with zero attached hydrogens (tertiary/aromatic N) is 1. The Hall–Kier alpha value is -1.83. The molecule has 4 rings (SSSR count). The predicted octanol–water partition coefficient (Wildman–Crippen LogP) is 3.51. The van der Waals surface area contributed by atoms with E-state index in [4.69, 9.17) is 22.1 Å². The lowest BCUT2D eigenvalue weighted by Crippen LogP contribution is -2.34. The van der Waals surface area contributed by atoms with Crippen molar-refractivity contribution in [1.82, 2.24) is 4.57 Å². The van der Waals surface area contributed by atoms with Crippen LogP contribution in [0.5, 0.6) is 5.75 Å². The van der Waals surface area contributed by atoms with Gasteiger partial charge in [-0.05, 0) is 38.2 Å². The topological polar surface area (TPSA) is 94.6 Å². The number of carboxylic acids is 1. The number of fused-ring (bicyclic) bond motifs is 1. The summed E-state index contributed by atoms with van der Waals surface area (Å²) in [5.74, 6) is -2.26. The molecule has 2 aromatic rings. The van der Waals surface area contributed by atoms with Crippen molar-refractivity contribution in [3.63, 3.8) is 0 Å². The van der Waals surface area contributed by atoms with Crippen LogP contribution in [0.3, 0.4) is 0 Å². The number of hydrogen-bond donors (Lipinski definition) is 2. The number of benzene rings is 1. The van der Waals surface area contributed by atoms with Crippen molar-refractivity contribution in [2.75, 3.05) is 0 Å². The molecular weight excluding hydrogens is 398 g/mol. The highest BCUT2D eigenvalue weighted by Crippen LogP contribution is 2.42. The van der Waals surface area contributed by atoms with Crippen LogP contribution in [-0.2, 0) is 0 Å². The minimum Gasteiger partial charge on any atom is -0.484 e. The van der Waals surface area contributed by atoms with Crippen molar-refractivity contribution < 1.29 is 19.0 Å². The first-order valence-electron chi connectivity index (χ1n) is 8.61. The van der Waals surface area contributed by atoms with Crippen LogP contribution in [0.1, 0.15) is 48.5 Å². The third kappa shape index (κ3) is 3.39. The van der Waals surface area contributed by atoms with Gasteiger partial charge in [-0.25, -0.2) is 9.18 Å². The summed E-state index contributed by atoms with van der Waals surface area (Å²) in [4.78, 5) is 23.9. The van der Waals surface area contributed by atoms with Gasteiger partial charge in [-0.2, -0.15) is 0 Å². The molecular formula is C18H19Cl2FN2O4. The smallest absolute Gasteiger partial charge is 0.341 e. The molecule has 0 bridgehead atoms. The molecule has 0 saturated heterocycles. The van der Waals surface area contributed by atoms with E-state index in [-0.39, 0.29) is 46.8 Å². The Balaban J connectivity index is 0.00000210. The molecule has 2 saturated carbocycles. The molecule has 0 aliphatic heterocycles. The van der Waals surface area contributed by atoms with Crippen LogP contribution in [0.15, 0.2) is 17.1 Å². The van der Waals surface area contributed by atoms with Gasteiger partial charge in [0.05, 0.1) is 10.9 Å². The first kappa shape index (κ1) is 19.9. The van der Waals surface area contributed by atoms with Crippen LogP contribution in [0.25, 0.3) is 10.9 Å². The van der Waals surface area contributed by atoms with Crippen molar-refractivity contribution in [2.45, 2.75) is 50.3 Å². The van der Waals surface area contributed by atoms with Crippen LogP contribution in [0.4, 0.5) is 4.39 Å². The Morgan fingerprint density at radius 2 is 2.04 bits per heavy atom. The summed E-state index contributed by atoms with van der Waals surface area (Å²) >= 11 is 6.44. The van der Waals surface area contributed by atoms with E-state index < -0.39 is 22.8 Å². The van der Waals surface area contributed by atoms with Crippen molar-refractivity contribution in [2.24, 2.45) is 5.73 Å². The highest BCUT2D eigenvalue weighted by atomic mass is 35.5. The lowest BCUT2D eigenvalue weighted by molar-refractivity contribution is 0.0695. The zero-order chi connectivity index (χ0) is 18.6. The van der Waals surface area contributed by atoms with E-state index in [9.17, 15) is 19.1 Å². The van der Waals surface area contributed by atoms with Gasteiger partial charge >= 0.3 is 5.97 Å². The number of carbonyl (C=O) groups is 1. The number of hydrogen-bond acceptors (Lipinski definition) is 4. The zero-order valence-corrected chi connectivity index (χ0v) is 15.9. The second kappa shape index (κ2) is 7.30. The molecule has 0 amide bonds. The molecule has 3 N–H and O–H groups in total. The highest BCUT2D eigenvalue weighted by molar-refractivity contribution is 6.36. The van der Waals surface area contributed by atoms with Crippen LogP contribution in [0.2, 0.25) is 5.02 Å². The van der Waals surface area contributed by atoms with Gasteiger partial charge in [-0.1, -0.05) is 11.6 Å². The second-order valence-corrected chi connectivity index (χ2v) is 7.34. The van der Waals surface area contributed by atoms with E-state index in [0.29, 0.717) is 11.9 Å². The molecule has 1 aromatic heterocycles. The first-order chi connectivity index (χ1) is 12.4. The molecule has 0 spiro atoms. The number of aromatic carboxylic acids is 1. The van der Waals surface area contributed by atoms with Crippen molar-refractivity contribution in [3.8, 4) is 5.75 Å². The summed E-state index contributed by atoms with van der Waals surface area (Å²) < 4.78 is 22.1.